The van der Waals surface area contributed by atoms with Crippen LogP contribution in [-0.4, -0.2) is 28.6 Å². The SMILES string of the molecule is CC(C)N(CC[C@@H](c1ccccc1)c1ccccc1CO)C(C)C. The number of rotatable bonds is 8. The molecule has 0 bridgehead atoms. The number of nitrogens with zero attached hydrogens (tertiary/aromatic N) is 1. The zero-order valence-corrected chi connectivity index (χ0v) is 15.4. The molecule has 0 radical (unpaired) electrons. The molecule has 0 unspecified atom stereocenters. The maximum atomic E-state index is 9.76. The quantitative estimate of drug-likeness (QED) is 0.752. The van der Waals surface area contributed by atoms with Crippen molar-refractivity contribution in [1.29, 1.82) is 0 Å². The predicted octanol–water partition coefficient (Wildman–Crippen LogP) is 4.82. The fourth-order valence-corrected chi connectivity index (χ4v) is 3.60. The largest absolute Gasteiger partial charge is 0.392 e. The van der Waals surface area contributed by atoms with E-state index in [1.54, 1.807) is 0 Å². The normalized spacial score (nSPS) is 13.0. The highest BCUT2D eigenvalue weighted by Gasteiger charge is 2.20. The molecule has 2 nitrogen and oxygen atoms in total. The molecule has 0 saturated carbocycles. The first-order valence-electron chi connectivity index (χ1n) is 9.04. The summed E-state index contributed by atoms with van der Waals surface area (Å²) < 4.78 is 0. The van der Waals surface area contributed by atoms with Crippen molar-refractivity contribution in [3.8, 4) is 0 Å². The zero-order chi connectivity index (χ0) is 17.5. The Kier molecular flexibility index (Phi) is 7.01. The number of aliphatic hydroxyl groups is 1. The van der Waals surface area contributed by atoms with Crippen LogP contribution < -0.4 is 0 Å². The summed E-state index contributed by atoms with van der Waals surface area (Å²) in [6.07, 6.45) is 1.05. The maximum Gasteiger partial charge on any atom is 0.0684 e. The molecule has 0 amide bonds. The lowest BCUT2D eigenvalue weighted by Crippen LogP contribution is -2.38. The highest BCUT2D eigenvalue weighted by molar-refractivity contribution is 5.37. The third-order valence-corrected chi connectivity index (χ3v) is 4.81. The van der Waals surface area contributed by atoms with Gasteiger partial charge in [-0.05, 0) is 57.4 Å². The second-order valence-corrected chi connectivity index (χ2v) is 7.03. The number of benzene rings is 2. The molecule has 0 spiro atoms. The zero-order valence-electron chi connectivity index (χ0n) is 15.4. The minimum absolute atomic E-state index is 0.0948. The van der Waals surface area contributed by atoms with Crippen molar-refractivity contribution < 1.29 is 5.11 Å². The highest BCUT2D eigenvalue weighted by atomic mass is 16.3. The molecule has 2 aromatic rings. The minimum Gasteiger partial charge on any atom is -0.392 e. The summed E-state index contributed by atoms with van der Waals surface area (Å²) in [7, 11) is 0. The van der Waals surface area contributed by atoms with Gasteiger partial charge in [-0.2, -0.15) is 0 Å². The lowest BCUT2D eigenvalue weighted by atomic mass is 9.85. The van der Waals surface area contributed by atoms with E-state index >= 15 is 0 Å². The molecule has 0 aliphatic carbocycles. The number of hydrogen-bond acceptors (Lipinski definition) is 2. The molecular formula is C22H31NO. The molecule has 0 aromatic heterocycles. The van der Waals surface area contributed by atoms with Crippen LogP contribution in [0.4, 0.5) is 0 Å². The molecule has 0 saturated heterocycles. The van der Waals surface area contributed by atoms with Crippen LogP contribution in [0.3, 0.4) is 0 Å². The lowest BCUT2D eigenvalue weighted by Gasteiger charge is -2.32. The van der Waals surface area contributed by atoms with Crippen LogP contribution in [0.2, 0.25) is 0 Å². The molecule has 0 aliphatic rings. The van der Waals surface area contributed by atoms with Gasteiger partial charge in [0.1, 0.15) is 0 Å². The van der Waals surface area contributed by atoms with Crippen LogP contribution in [0, 0.1) is 0 Å². The average Bonchev–Trinajstić information content (AvgIpc) is 2.59. The summed E-state index contributed by atoms with van der Waals surface area (Å²) in [5.74, 6) is 0.314. The van der Waals surface area contributed by atoms with Crippen molar-refractivity contribution in [2.45, 2.75) is 58.7 Å². The molecule has 24 heavy (non-hydrogen) atoms. The Morgan fingerprint density at radius 2 is 1.42 bits per heavy atom. The van der Waals surface area contributed by atoms with Gasteiger partial charge in [0, 0.05) is 18.0 Å². The number of aliphatic hydroxyl groups excluding tert-OH is 1. The highest BCUT2D eigenvalue weighted by Crippen LogP contribution is 2.31. The van der Waals surface area contributed by atoms with Gasteiger partial charge in [-0.25, -0.2) is 0 Å². The van der Waals surface area contributed by atoms with E-state index in [-0.39, 0.29) is 6.61 Å². The third-order valence-electron chi connectivity index (χ3n) is 4.81. The van der Waals surface area contributed by atoms with Crippen molar-refractivity contribution >= 4 is 0 Å². The van der Waals surface area contributed by atoms with Gasteiger partial charge in [-0.15, -0.1) is 0 Å². The van der Waals surface area contributed by atoms with E-state index in [1.807, 2.05) is 12.1 Å². The van der Waals surface area contributed by atoms with Gasteiger partial charge in [0.25, 0.3) is 0 Å². The third kappa shape index (κ3) is 4.68. The van der Waals surface area contributed by atoms with Crippen LogP contribution in [0.25, 0.3) is 0 Å². The van der Waals surface area contributed by atoms with Gasteiger partial charge >= 0.3 is 0 Å². The summed E-state index contributed by atoms with van der Waals surface area (Å²) in [6, 6.07) is 20.0. The summed E-state index contributed by atoms with van der Waals surface area (Å²) in [6.45, 7) is 10.2. The monoisotopic (exact) mass is 325 g/mol. The Morgan fingerprint density at radius 1 is 0.833 bits per heavy atom. The molecule has 0 heterocycles. The summed E-state index contributed by atoms with van der Waals surface area (Å²) in [4.78, 5) is 2.54. The van der Waals surface area contributed by atoms with Crippen molar-refractivity contribution in [2.75, 3.05) is 6.54 Å². The van der Waals surface area contributed by atoms with Crippen LogP contribution in [-0.2, 0) is 6.61 Å². The van der Waals surface area contributed by atoms with Crippen LogP contribution >= 0.6 is 0 Å². The maximum absolute atomic E-state index is 9.76. The predicted molar refractivity (Wildman–Crippen MR) is 102 cm³/mol. The summed E-state index contributed by atoms with van der Waals surface area (Å²) >= 11 is 0. The lowest BCUT2D eigenvalue weighted by molar-refractivity contribution is 0.170. The standard InChI is InChI=1S/C22H31NO/c1-17(2)23(18(3)4)15-14-22(19-10-6-5-7-11-19)21-13-9-8-12-20(21)16-24/h5-13,17-18,22,24H,14-16H2,1-4H3/t22-/m0/s1. The van der Waals surface area contributed by atoms with Gasteiger partial charge in [0.2, 0.25) is 0 Å². The van der Waals surface area contributed by atoms with Gasteiger partial charge in [0.15, 0.2) is 0 Å². The fraction of sp³-hybridized carbons (Fsp3) is 0.455. The van der Waals surface area contributed by atoms with Crippen LogP contribution in [0.15, 0.2) is 54.6 Å². The molecular weight excluding hydrogens is 294 g/mol. The molecule has 1 N–H and O–H groups in total. The van der Waals surface area contributed by atoms with Gasteiger partial charge in [-0.3, -0.25) is 4.90 Å². The Hall–Kier alpha value is -1.64. The molecule has 2 heteroatoms. The summed E-state index contributed by atoms with van der Waals surface area (Å²) in [5, 5.41) is 9.76. The van der Waals surface area contributed by atoms with E-state index in [0.29, 0.717) is 18.0 Å². The van der Waals surface area contributed by atoms with E-state index in [2.05, 4.69) is 75.1 Å². The van der Waals surface area contributed by atoms with E-state index < -0.39 is 0 Å². The molecule has 0 fully saturated rings. The second-order valence-electron chi connectivity index (χ2n) is 7.03. The average molecular weight is 325 g/mol. The van der Waals surface area contributed by atoms with Crippen molar-refractivity contribution in [3.63, 3.8) is 0 Å². The topological polar surface area (TPSA) is 23.5 Å². The second kappa shape index (κ2) is 9.00. The van der Waals surface area contributed by atoms with Gasteiger partial charge in [-0.1, -0.05) is 54.6 Å². The molecule has 1 atom stereocenters. The molecule has 2 rings (SSSR count). The summed E-state index contributed by atoms with van der Waals surface area (Å²) in [5.41, 5.74) is 3.61. The van der Waals surface area contributed by atoms with Crippen LogP contribution in [0.1, 0.15) is 56.7 Å². The van der Waals surface area contributed by atoms with Crippen LogP contribution in [0.5, 0.6) is 0 Å². The van der Waals surface area contributed by atoms with Crippen molar-refractivity contribution in [3.05, 3.63) is 71.3 Å². The molecule has 130 valence electrons. The smallest absolute Gasteiger partial charge is 0.0684 e. The number of hydrogen-bond donors (Lipinski definition) is 1. The van der Waals surface area contributed by atoms with Gasteiger partial charge < -0.3 is 5.11 Å². The van der Waals surface area contributed by atoms with E-state index in [0.717, 1.165) is 18.5 Å². The molecule has 0 aliphatic heterocycles. The van der Waals surface area contributed by atoms with Crippen molar-refractivity contribution in [1.82, 2.24) is 4.90 Å². The van der Waals surface area contributed by atoms with Crippen molar-refractivity contribution in [2.24, 2.45) is 0 Å². The Bertz CT molecular complexity index is 598. The minimum atomic E-state index is 0.0948. The Labute approximate surface area is 147 Å². The fourth-order valence-electron chi connectivity index (χ4n) is 3.60. The first-order valence-corrected chi connectivity index (χ1v) is 9.04. The molecule has 2 aromatic carbocycles. The first-order chi connectivity index (χ1) is 11.5. The van der Waals surface area contributed by atoms with E-state index in [9.17, 15) is 5.11 Å². The van der Waals surface area contributed by atoms with E-state index in [1.165, 1.54) is 11.1 Å². The Balaban J connectivity index is 2.31. The first kappa shape index (κ1) is 18.7. The van der Waals surface area contributed by atoms with E-state index in [4.69, 9.17) is 0 Å². The van der Waals surface area contributed by atoms with Gasteiger partial charge in [0.05, 0.1) is 6.61 Å². The Morgan fingerprint density at radius 3 is 2.00 bits per heavy atom.